The number of carbonyl (C=O) groups is 1. The number of aromatic hydroxyl groups is 1. The van der Waals surface area contributed by atoms with E-state index in [0.717, 1.165) is 30.4 Å². The van der Waals surface area contributed by atoms with Crippen LogP contribution in [0.25, 0.3) is 6.08 Å². The van der Waals surface area contributed by atoms with Crippen molar-refractivity contribution in [2.24, 2.45) is 0 Å². The molecule has 3 nitrogen and oxygen atoms in total. The zero-order chi connectivity index (χ0) is 12.3. The maximum absolute atomic E-state index is 11.7. The minimum absolute atomic E-state index is 0.115. The normalized spacial score (nSPS) is 18.4. The van der Waals surface area contributed by atoms with E-state index < -0.39 is 0 Å². The number of benzene rings is 1. The average molecular weight is 232 g/mol. The molecular formula is C14H16O3. The second kappa shape index (κ2) is 5.04. The number of ether oxygens (including phenoxy) is 1. The lowest BCUT2D eigenvalue weighted by atomic mass is 9.92. The predicted molar refractivity (Wildman–Crippen MR) is 66.1 cm³/mol. The molecule has 1 aliphatic carbocycles. The first kappa shape index (κ1) is 11.7. The molecule has 1 fully saturated rings. The fraction of sp³-hybridized carbons (Fsp3) is 0.357. The van der Waals surface area contributed by atoms with Crippen molar-refractivity contribution in [1.82, 2.24) is 0 Å². The van der Waals surface area contributed by atoms with Crippen molar-refractivity contribution in [3.63, 3.8) is 0 Å². The van der Waals surface area contributed by atoms with Crippen molar-refractivity contribution < 1.29 is 14.6 Å². The summed E-state index contributed by atoms with van der Waals surface area (Å²) in [5.74, 6) is 0.788. The summed E-state index contributed by atoms with van der Waals surface area (Å²) in [7, 11) is 1.51. The SMILES string of the molecule is COc1cc(/C=C2\CCCCC2=O)ccc1O. The summed E-state index contributed by atoms with van der Waals surface area (Å²) in [6, 6.07) is 5.11. The Labute approximate surface area is 101 Å². The molecule has 0 heterocycles. The van der Waals surface area contributed by atoms with Crippen LogP contribution in [0.4, 0.5) is 0 Å². The van der Waals surface area contributed by atoms with Crippen molar-refractivity contribution in [2.75, 3.05) is 7.11 Å². The summed E-state index contributed by atoms with van der Waals surface area (Å²) in [4.78, 5) is 11.7. The molecule has 17 heavy (non-hydrogen) atoms. The van der Waals surface area contributed by atoms with Crippen molar-refractivity contribution in [3.05, 3.63) is 29.3 Å². The zero-order valence-electron chi connectivity index (χ0n) is 9.90. The first-order chi connectivity index (χ1) is 8.20. The molecule has 0 radical (unpaired) electrons. The van der Waals surface area contributed by atoms with E-state index in [9.17, 15) is 9.90 Å². The summed E-state index contributed by atoms with van der Waals surface area (Å²) in [5, 5.41) is 9.48. The van der Waals surface area contributed by atoms with E-state index in [2.05, 4.69) is 0 Å². The Hall–Kier alpha value is -1.77. The molecule has 3 heteroatoms. The number of Topliss-reactive ketones (excluding diaryl/α,β-unsaturated/α-hetero) is 1. The van der Waals surface area contributed by atoms with Crippen LogP contribution in [0.3, 0.4) is 0 Å². The Bertz CT molecular complexity index is 461. The Morgan fingerprint density at radius 3 is 2.76 bits per heavy atom. The van der Waals surface area contributed by atoms with Crippen molar-refractivity contribution in [1.29, 1.82) is 0 Å². The fourth-order valence-electron chi connectivity index (χ4n) is 2.04. The van der Waals surface area contributed by atoms with E-state index in [-0.39, 0.29) is 11.5 Å². The molecule has 0 amide bonds. The number of carbonyl (C=O) groups excluding carboxylic acids is 1. The van der Waals surface area contributed by atoms with Crippen LogP contribution in [-0.4, -0.2) is 18.0 Å². The van der Waals surface area contributed by atoms with Crippen LogP contribution in [0.15, 0.2) is 23.8 Å². The number of rotatable bonds is 2. The van der Waals surface area contributed by atoms with Crippen molar-refractivity contribution >= 4 is 11.9 Å². The Morgan fingerprint density at radius 1 is 1.29 bits per heavy atom. The number of phenols is 1. The Balaban J connectivity index is 2.28. The standard InChI is InChI=1S/C14H16O3/c1-17-14-9-10(6-7-13(14)16)8-11-4-2-3-5-12(11)15/h6-9,16H,2-5H2,1H3/b11-8+. The molecule has 90 valence electrons. The molecule has 0 aliphatic heterocycles. The highest BCUT2D eigenvalue weighted by atomic mass is 16.5. The number of phenolic OH excluding ortho intramolecular Hbond substituents is 1. The average Bonchev–Trinajstić information content (AvgIpc) is 2.34. The summed E-state index contributed by atoms with van der Waals surface area (Å²) < 4.78 is 5.04. The molecule has 1 aliphatic rings. The summed E-state index contributed by atoms with van der Waals surface area (Å²) in [6.07, 6.45) is 5.47. The highest BCUT2D eigenvalue weighted by Crippen LogP contribution is 2.28. The second-order valence-electron chi connectivity index (χ2n) is 4.23. The first-order valence-electron chi connectivity index (χ1n) is 5.81. The molecule has 1 N–H and O–H groups in total. The third kappa shape index (κ3) is 2.67. The molecule has 0 spiro atoms. The van der Waals surface area contributed by atoms with Gasteiger partial charge in [-0.3, -0.25) is 4.79 Å². The van der Waals surface area contributed by atoms with Gasteiger partial charge in [-0.1, -0.05) is 6.07 Å². The number of methoxy groups -OCH3 is 1. The van der Waals surface area contributed by atoms with Crippen LogP contribution in [0.5, 0.6) is 11.5 Å². The lowest BCUT2D eigenvalue weighted by Crippen LogP contribution is -2.07. The Morgan fingerprint density at radius 2 is 2.06 bits per heavy atom. The van der Waals surface area contributed by atoms with Gasteiger partial charge in [0, 0.05) is 6.42 Å². The van der Waals surface area contributed by atoms with Crippen LogP contribution >= 0.6 is 0 Å². The van der Waals surface area contributed by atoms with E-state index in [1.165, 1.54) is 7.11 Å². The molecule has 0 bridgehead atoms. The monoisotopic (exact) mass is 232 g/mol. The van der Waals surface area contributed by atoms with Crippen LogP contribution in [-0.2, 0) is 4.79 Å². The number of ketones is 1. The topological polar surface area (TPSA) is 46.5 Å². The number of hydrogen-bond donors (Lipinski definition) is 1. The smallest absolute Gasteiger partial charge is 0.161 e. The molecule has 1 aromatic rings. The van der Waals surface area contributed by atoms with Gasteiger partial charge >= 0.3 is 0 Å². The first-order valence-corrected chi connectivity index (χ1v) is 5.81. The second-order valence-corrected chi connectivity index (χ2v) is 4.23. The highest BCUT2D eigenvalue weighted by molar-refractivity contribution is 6.00. The minimum Gasteiger partial charge on any atom is -0.504 e. The maximum Gasteiger partial charge on any atom is 0.161 e. The van der Waals surface area contributed by atoms with E-state index >= 15 is 0 Å². The molecule has 0 saturated heterocycles. The van der Waals surface area contributed by atoms with Crippen LogP contribution in [0, 0.1) is 0 Å². The molecular weight excluding hydrogens is 216 g/mol. The van der Waals surface area contributed by atoms with Gasteiger partial charge in [0.2, 0.25) is 0 Å². The van der Waals surface area contributed by atoms with E-state index in [4.69, 9.17) is 4.74 Å². The van der Waals surface area contributed by atoms with Gasteiger partial charge in [0.1, 0.15) is 0 Å². The molecule has 1 saturated carbocycles. The van der Waals surface area contributed by atoms with Gasteiger partial charge in [-0.2, -0.15) is 0 Å². The van der Waals surface area contributed by atoms with Crippen molar-refractivity contribution in [2.45, 2.75) is 25.7 Å². The molecule has 0 unspecified atom stereocenters. The molecule has 1 aromatic carbocycles. The molecule has 0 atom stereocenters. The van der Waals surface area contributed by atoms with Gasteiger partial charge in [0.05, 0.1) is 7.11 Å². The van der Waals surface area contributed by atoms with Gasteiger partial charge < -0.3 is 9.84 Å². The number of allylic oxidation sites excluding steroid dienone is 1. The summed E-state index contributed by atoms with van der Waals surface area (Å²) >= 11 is 0. The van der Waals surface area contributed by atoms with Gasteiger partial charge in [-0.25, -0.2) is 0 Å². The minimum atomic E-state index is 0.115. The van der Waals surface area contributed by atoms with E-state index in [0.29, 0.717) is 12.2 Å². The third-order valence-corrected chi connectivity index (χ3v) is 3.00. The third-order valence-electron chi connectivity index (χ3n) is 3.00. The summed E-state index contributed by atoms with van der Waals surface area (Å²) in [5.41, 5.74) is 1.77. The van der Waals surface area contributed by atoms with Gasteiger partial charge in [-0.15, -0.1) is 0 Å². The fourth-order valence-corrected chi connectivity index (χ4v) is 2.04. The molecule has 0 aromatic heterocycles. The summed E-state index contributed by atoms with van der Waals surface area (Å²) in [6.45, 7) is 0. The predicted octanol–water partition coefficient (Wildman–Crippen LogP) is 2.93. The maximum atomic E-state index is 11.7. The van der Waals surface area contributed by atoms with E-state index in [1.807, 2.05) is 6.08 Å². The van der Waals surface area contributed by atoms with Crippen molar-refractivity contribution in [3.8, 4) is 11.5 Å². The highest BCUT2D eigenvalue weighted by Gasteiger charge is 2.14. The Kier molecular flexibility index (Phi) is 3.47. The van der Waals surface area contributed by atoms with Crippen LogP contribution < -0.4 is 4.74 Å². The van der Waals surface area contributed by atoms with Crippen LogP contribution in [0.1, 0.15) is 31.2 Å². The molecule has 2 rings (SSSR count). The quantitative estimate of drug-likeness (QED) is 0.797. The lowest BCUT2D eigenvalue weighted by molar-refractivity contribution is -0.116. The van der Waals surface area contributed by atoms with Gasteiger partial charge in [0.15, 0.2) is 17.3 Å². The van der Waals surface area contributed by atoms with Gasteiger partial charge in [0.25, 0.3) is 0 Å². The lowest BCUT2D eigenvalue weighted by Gasteiger charge is -2.12. The van der Waals surface area contributed by atoms with E-state index in [1.54, 1.807) is 18.2 Å². The number of hydrogen-bond acceptors (Lipinski definition) is 3. The van der Waals surface area contributed by atoms with Gasteiger partial charge in [-0.05, 0) is 48.6 Å². The largest absolute Gasteiger partial charge is 0.504 e. The van der Waals surface area contributed by atoms with Crippen LogP contribution in [0.2, 0.25) is 0 Å². The zero-order valence-corrected chi connectivity index (χ0v) is 9.90.